The number of ether oxygens (including phenoxy) is 2. The summed E-state index contributed by atoms with van der Waals surface area (Å²) < 4.78 is 48.2. The minimum atomic E-state index is -4.03. The third-order valence-corrected chi connectivity index (χ3v) is 12.1. The van der Waals surface area contributed by atoms with Crippen LogP contribution in [-0.2, 0) is 28.2 Å². The highest BCUT2D eigenvalue weighted by molar-refractivity contribution is 7.86. The summed E-state index contributed by atoms with van der Waals surface area (Å²) >= 11 is 0. The molecule has 1 N–H and O–H groups in total. The molecule has 1 heterocycles. The lowest BCUT2D eigenvalue weighted by atomic mass is 9.89. The van der Waals surface area contributed by atoms with Crippen LogP contribution in [-0.4, -0.2) is 60.2 Å². The van der Waals surface area contributed by atoms with Gasteiger partial charge in [-0.05, 0) is 37.2 Å². The number of hydrogen-bond acceptors (Lipinski definition) is 7. The molecule has 1 aliphatic heterocycles. The molecule has 9 heteroatoms. The van der Waals surface area contributed by atoms with Crippen LogP contribution in [0.4, 0.5) is 0 Å². The van der Waals surface area contributed by atoms with Crippen molar-refractivity contribution < 1.29 is 31.6 Å². The number of rotatable bonds is 8. The van der Waals surface area contributed by atoms with Gasteiger partial charge in [-0.1, -0.05) is 44.4 Å². The molecule has 0 bridgehead atoms. The van der Waals surface area contributed by atoms with Crippen LogP contribution in [0.25, 0.3) is 0 Å². The molecule has 0 aliphatic carbocycles. The SMILES string of the molecule is C#C[C@@H]1C[C@@H](O[Si](C)(C)C(C)(C)C)[C@H]([C@H](O)COS(=O)(=O)c2ccc(C)cc2)[C@@H](OC)O1. The summed E-state index contributed by atoms with van der Waals surface area (Å²) in [6.07, 6.45) is 2.89. The fraction of sp³-hybridized carbons (Fsp3) is 0.652. The van der Waals surface area contributed by atoms with Gasteiger partial charge in [-0.25, -0.2) is 0 Å². The zero-order valence-corrected chi connectivity index (χ0v) is 21.8. The maximum atomic E-state index is 12.6. The van der Waals surface area contributed by atoms with E-state index >= 15 is 0 Å². The molecule has 32 heavy (non-hydrogen) atoms. The second-order valence-corrected chi connectivity index (χ2v) is 16.1. The Hall–Kier alpha value is -1.25. The Morgan fingerprint density at radius 3 is 2.38 bits per heavy atom. The maximum absolute atomic E-state index is 12.6. The van der Waals surface area contributed by atoms with Crippen molar-refractivity contribution in [1.29, 1.82) is 0 Å². The Morgan fingerprint density at radius 2 is 1.88 bits per heavy atom. The molecule has 1 aromatic carbocycles. The van der Waals surface area contributed by atoms with Crippen LogP contribution in [0.2, 0.25) is 18.1 Å². The lowest BCUT2D eigenvalue weighted by Gasteiger charge is -2.47. The quantitative estimate of drug-likeness (QED) is 0.343. The molecule has 1 aliphatic rings. The van der Waals surface area contributed by atoms with Crippen LogP contribution in [0, 0.1) is 25.2 Å². The highest BCUT2D eigenvalue weighted by atomic mass is 32.2. The number of aliphatic hydroxyl groups is 1. The molecule has 7 nitrogen and oxygen atoms in total. The van der Waals surface area contributed by atoms with Crippen molar-refractivity contribution in [2.75, 3.05) is 13.7 Å². The zero-order chi connectivity index (χ0) is 24.3. The minimum absolute atomic E-state index is 0.0277. The predicted octanol–water partition coefficient (Wildman–Crippen LogP) is 3.46. The average Bonchev–Trinajstić information content (AvgIpc) is 2.70. The summed E-state index contributed by atoms with van der Waals surface area (Å²) in [5.74, 6) is 1.91. The van der Waals surface area contributed by atoms with E-state index in [-0.39, 0.29) is 9.93 Å². The van der Waals surface area contributed by atoms with E-state index < -0.39 is 55.6 Å². The van der Waals surface area contributed by atoms with Gasteiger partial charge in [0.05, 0.1) is 29.6 Å². The molecular formula is C23H36O7SSi. The number of benzene rings is 1. The molecule has 1 aromatic rings. The Bertz CT molecular complexity index is 900. The van der Waals surface area contributed by atoms with Gasteiger partial charge in [0.15, 0.2) is 14.6 Å². The third kappa shape index (κ3) is 6.41. The smallest absolute Gasteiger partial charge is 0.297 e. The van der Waals surface area contributed by atoms with Gasteiger partial charge in [-0.3, -0.25) is 4.18 Å². The summed E-state index contributed by atoms with van der Waals surface area (Å²) in [6.45, 7) is 12.0. The van der Waals surface area contributed by atoms with E-state index in [4.69, 9.17) is 24.5 Å². The second-order valence-electron chi connectivity index (χ2n) is 9.74. The van der Waals surface area contributed by atoms with Crippen molar-refractivity contribution >= 4 is 18.4 Å². The molecule has 0 aromatic heterocycles. The van der Waals surface area contributed by atoms with Gasteiger partial charge in [-0.15, -0.1) is 6.42 Å². The van der Waals surface area contributed by atoms with Gasteiger partial charge in [-0.2, -0.15) is 8.42 Å². The Kier molecular flexibility index (Phi) is 8.73. The zero-order valence-electron chi connectivity index (χ0n) is 20.0. The molecule has 0 amide bonds. The molecular weight excluding hydrogens is 448 g/mol. The monoisotopic (exact) mass is 484 g/mol. The number of hydrogen-bond donors (Lipinski definition) is 1. The summed E-state index contributed by atoms with van der Waals surface area (Å²) in [5.41, 5.74) is 0.931. The molecule has 0 unspecified atom stereocenters. The largest absolute Gasteiger partial charge is 0.413 e. The number of aryl methyl sites for hydroxylation is 1. The standard InChI is InChI=1S/C23H36O7SSi/c1-9-17-14-20(30-32(7,8)23(3,4)5)21(22(27-6)29-17)19(24)15-28-31(25,26)18-12-10-16(2)11-13-18/h1,10-13,17,19-22,24H,14-15H2,2-8H3/t17-,19-,20-,21+,22+/m1/s1. The molecule has 2 rings (SSSR count). The maximum Gasteiger partial charge on any atom is 0.297 e. The lowest BCUT2D eigenvalue weighted by Crippen LogP contribution is -2.56. The fourth-order valence-corrected chi connectivity index (χ4v) is 5.61. The number of terminal acetylenes is 1. The van der Waals surface area contributed by atoms with Crippen molar-refractivity contribution in [2.24, 2.45) is 5.92 Å². The second kappa shape index (κ2) is 10.3. The van der Waals surface area contributed by atoms with Crippen LogP contribution in [0.3, 0.4) is 0 Å². The fourth-order valence-electron chi connectivity index (χ4n) is 3.33. The van der Waals surface area contributed by atoms with Gasteiger partial charge >= 0.3 is 0 Å². The summed E-state index contributed by atoms with van der Waals surface area (Å²) in [7, 11) is -4.81. The van der Waals surface area contributed by atoms with Crippen molar-refractivity contribution in [3.63, 3.8) is 0 Å². The van der Waals surface area contributed by atoms with Gasteiger partial charge < -0.3 is 19.0 Å². The van der Waals surface area contributed by atoms with Gasteiger partial charge in [0.2, 0.25) is 0 Å². The lowest BCUT2D eigenvalue weighted by molar-refractivity contribution is -0.243. The minimum Gasteiger partial charge on any atom is -0.413 e. The first-order valence-electron chi connectivity index (χ1n) is 10.7. The number of aliphatic hydroxyl groups excluding tert-OH is 1. The van der Waals surface area contributed by atoms with E-state index in [0.29, 0.717) is 6.42 Å². The van der Waals surface area contributed by atoms with E-state index in [9.17, 15) is 13.5 Å². The van der Waals surface area contributed by atoms with Crippen LogP contribution in [0.1, 0.15) is 32.8 Å². The highest BCUT2D eigenvalue weighted by Crippen LogP contribution is 2.41. The van der Waals surface area contributed by atoms with E-state index in [1.54, 1.807) is 12.1 Å². The van der Waals surface area contributed by atoms with E-state index in [0.717, 1.165) is 5.56 Å². The van der Waals surface area contributed by atoms with Gasteiger partial charge in [0, 0.05) is 13.5 Å². The Labute approximate surface area is 193 Å². The van der Waals surface area contributed by atoms with Gasteiger partial charge in [0.25, 0.3) is 10.1 Å². The van der Waals surface area contributed by atoms with Crippen LogP contribution >= 0.6 is 0 Å². The molecule has 0 spiro atoms. The molecule has 0 saturated carbocycles. The van der Waals surface area contributed by atoms with E-state index in [1.165, 1.54) is 19.2 Å². The summed E-state index contributed by atoms with van der Waals surface area (Å²) in [6, 6.07) is 6.32. The summed E-state index contributed by atoms with van der Waals surface area (Å²) in [4.78, 5) is 0.0277. The molecule has 0 radical (unpaired) electrons. The third-order valence-electron chi connectivity index (χ3n) is 6.31. The molecule has 1 fully saturated rings. The molecule has 1 saturated heterocycles. The topological polar surface area (TPSA) is 91.3 Å². The van der Waals surface area contributed by atoms with Crippen molar-refractivity contribution in [3.05, 3.63) is 29.8 Å². The normalized spacial score (nSPS) is 25.8. The summed E-state index contributed by atoms with van der Waals surface area (Å²) in [5, 5.41) is 10.9. The van der Waals surface area contributed by atoms with Crippen molar-refractivity contribution in [1.82, 2.24) is 0 Å². The Morgan fingerprint density at radius 1 is 1.28 bits per heavy atom. The number of methoxy groups -OCH3 is 1. The van der Waals surface area contributed by atoms with Gasteiger partial charge in [0.1, 0.15) is 6.10 Å². The first kappa shape index (κ1) is 27.0. The van der Waals surface area contributed by atoms with Crippen LogP contribution < -0.4 is 0 Å². The first-order valence-corrected chi connectivity index (χ1v) is 15.0. The van der Waals surface area contributed by atoms with Crippen LogP contribution in [0.15, 0.2) is 29.2 Å². The first-order chi connectivity index (χ1) is 14.7. The molecule has 5 atom stereocenters. The van der Waals surface area contributed by atoms with Crippen molar-refractivity contribution in [3.8, 4) is 12.3 Å². The Balaban J connectivity index is 2.24. The average molecular weight is 485 g/mol. The van der Waals surface area contributed by atoms with Crippen LogP contribution in [0.5, 0.6) is 0 Å². The molecule has 180 valence electrons. The van der Waals surface area contributed by atoms with Crippen molar-refractivity contribution in [2.45, 2.75) is 81.7 Å². The highest BCUT2D eigenvalue weighted by Gasteiger charge is 2.48. The van der Waals surface area contributed by atoms with E-state index in [1.807, 2.05) is 6.92 Å². The predicted molar refractivity (Wildman–Crippen MR) is 125 cm³/mol. The van der Waals surface area contributed by atoms with E-state index in [2.05, 4.69) is 39.8 Å².